The molecule has 0 radical (unpaired) electrons. The average molecular weight is 236 g/mol. The molecule has 0 bridgehead atoms. The summed E-state index contributed by atoms with van der Waals surface area (Å²) < 4.78 is 2.02. The molecule has 1 aliphatic rings. The third-order valence-electron chi connectivity index (χ3n) is 3.21. The van der Waals surface area contributed by atoms with Crippen molar-refractivity contribution in [2.24, 2.45) is 7.05 Å². The van der Waals surface area contributed by atoms with Crippen molar-refractivity contribution in [3.63, 3.8) is 0 Å². The van der Waals surface area contributed by atoms with E-state index in [0.29, 0.717) is 5.25 Å². The van der Waals surface area contributed by atoms with E-state index in [-0.39, 0.29) is 5.54 Å². The fourth-order valence-electron chi connectivity index (χ4n) is 2.10. The molecule has 0 saturated heterocycles. The van der Waals surface area contributed by atoms with Gasteiger partial charge in [-0.05, 0) is 26.3 Å². The molecule has 0 aliphatic heterocycles. The molecule has 1 fully saturated rings. The van der Waals surface area contributed by atoms with E-state index in [4.69, 9.17) is 0 Å². The fourth-order valence-corrected chi connectivity index (χ4v) is 3.35. The molecule has 1 aromatic rings. The lowest BCUT2D eigenvalue weighted by Gasteiger charge is -2.19. The van der Waals surface area contributed by atoms with Gasteiger partial charge in [0.2, 0.25) is 0 Å². The quantitative estimate of drug-likeness (QED) is 0.865. The van der Waals surface area contributed by atoms with Crippen LogP contribution in [-0.4, -0.2) is 27.4 Å². The molecule has 86 valence electrons. The molecular weight excluding hydrogens is 220 g/mol. The van der Waals surface area contributed by atoms with Crippen LogP contribution in [0, 0.1) is 11.3 Å². The lowest BCUT2D eigenvalue weighted by Crippen LogP contribution is -2.38. The Morgan fingerprint density at radius 1 is 1.75 bits per heavy atom. The predicted molar refractivity (Wildman–Crippen MR) is 64.1 cm³/mol. The van der Waals surface area contributed by atoms with Crippen LogP contribution in [0.4, 0.5) is 0 Å². The summed E-state index contributed by atoms with van der Waals surface area (Å²) in [6.45, 7) is 0. The Bertz CT molecular complexity index is 408. The van der Waals surface area contributed by atoms with E-state index >= 15 is 0 Å². The molecule has 1 aliphatic carbocycles. The normalized spacial score (nSPS) is 29.2. The number of aryl methyl sites for hydroxylation is 1. The van der Waals surface area contributed by atoms with Gasteiger partial charge in [-0.2, -0.15) is 5.26 Å². The highest BCUT2D eigenvalue weighted by Gasteiger charge is 2.38. The van der Waals surface area contributed by atoms with Crippen LogP contribution in [0.1, 0.15) is 19.3 Å². The van der Waals surface area contributed by atoms with Crippen molar-refractivity contribution in [1.82, 2.24) is 14.9 Å². The van der Waals surface area contributed by atoms with Gasteiger partial charge in [-0.3, -0.25) is 0 Å². The maximum atomic E-state index is 9.17. The van der Waals surface area contributed by atoms with E-state index in [1.807, 2.05) is 31.1 Å². The van der Waals surface area contributed by atoms with Crippen molar-refractivity contribution < 1.29 is 0 Å². The number of rotatable bonds is 3. The Morgan fingerprint density at radius 3 is 3.06 bits per heavy atom. The zero-order chi connectivity index (χ0) is 11.6. The Morgan fingerprint density at radius 2 is 2.56 bits per heavy atom. The molecule has 5 heteroatoms. The van der Waals surface area contributed by atoms with Crippen molar-refractivity contribution in [3.8, 4) is 6.07 Å². The third-order valence-corrected chi connectivity index (χ3v) is 4.55. The highest BCUT2D eigenvalue weighted by atomic mass is 32.2. The molecule has 0 amide bonds. The van der Waals surface area contributed by atoms with Crippen molar-refractivity contribution in [2.45, 2.75) is 35.2 Å². The van der Waals surface area contributed by atoms with E-state index in [9.17, 15) is 5.26 Å². The Balaban J connectivity index is 2.00. The summed E-state index contributed by atoms with van der Waals surface area (Å²) in [5.74, 6) is 0. The van der Waals surface area contributed by atoms with Gasteiger partial charge >= 0.3 is 0 Å². The SMILES string of the molecule is CNC1(C#N)CCC(Sc2nccn2C)C1. The first-order valence-electron chi connectivity index (χ1n) is 5.43. The summed E-state index contributed by atoms with van der Waals surface area (Å²) in [7, 11) is 3.87. The van der Waals surface area contributed by atoms with Crippen LogP contribution in [0.5, 0.6) is 0 Å². The van der Waals surface area contributed by atoms with E-state index in [0.717, 1.165) is 24.4 Å². The van der Waals surface area contributed by atoms with E-state index < -0.39 is 0 Å². The van der Waals surface area contributed by atoms with Crippen LogP contribution >= 0.6 is 11.8 Å². The standard InChI is InChI=1S/C11H16N4S/c1-13-11(8-12)4-3-9(7-11)16-10-14-5-6-15(10)2/h5-6,9,13H,3-4,7H2,1-2H3. The number of aromatic nitrogens is 2. The molecule has 2 unspecified atom stereocenters. The van der Waals surface area contributed by atoms with Crippen LogP contribution in [0.2, 0.25) is 0 Å². The van der Waals surface area contributed by atoms with Crippen molar-refractivity contribution in [2.75, 3.05) is 7.05 Å². The second-order valence-corrected chi connectivity index (χ2v) is 5.51. The monoisotopic (exact) mass is 236 g/mol. The van der Waals surface area contributed by atoms with Crippen molar-refractivity contribution in [3.05, 3.63) is 12.4 Å². The average Bonchev–Trinajstić information content (AvgIpc) is 2.88. The summed E-state index contributed by atoms with van der Waals surface area (Å²) in [5, 5.41) is 13.9. The molecule has 4 nitrogen and oxygen atoms in total. The Labute approximate surface area is 100 Å². The molecule has 0 aromatic carbocycles. The van der Waals surface area contributed by atoms with Gasteiger partial charge in [-0.15, -0.1) is 0 Å². The third kappa shape index (κ3) is 2.08. The second-order valence-electron chi connectivity index (χ2n) is 4.25. The number of nitriles is 1. The van der Waals surface area contributed by atoms with Gasteiger partial charge in [0.05, 0.1) is 6.07 Å². The zero-order valence-electron chi connectivity index (χ0n) is 9.60. The predicted octanol–water partition coefficient (Wildman–Crippen LogP) is 1.55. The van der Waals surface area contributed by atoms with E-state index in [2.05, 4.69) is 16.4 Å². The fraction of sp³-hybridized carbons (Fsp3) is 0.636. The Kier molecular flexibility index (Phi) is 3.22. The van der Waals surface area contributed by atoms with Crippen molar-refractivity contribution >= 4 is 11.8 Å². The van der Waals surface area contributed by atoms with Gasteiger partial charge in [0.15, 0.2) is 5.16 Å². The summed E-state index contributed by atoms with van der Waals surface area (Å²) >= 11 is 1.78. The maximum absolute atomic E-state index is 9.17. The van der Waals surface area contributed by atoms with Gasteiger partial charge in [0.25, 0.3) is 0 Å². The largest absolute Gasteiger partial charge is 0.329 e. The van der Waals surface area contributed by atoms with Gasteiger partial charge in [-0.1, -0.05) is 11.8 Å². The number of nitrogens with one attached hydrogen (secondary N) is 1. The van der Waals surface area contributed by atoms with Gasteiger partial charge in [-0.25, -0.2) is 4.98 Å². The van der Waals surface area contributed by atoms with Gasteiger partial charge in [0, 0.05) is 24.7 Å². The molecular formula is C11H16N4S. The van der Waals surface area contributed by atoms with Crippen LogP contribution in [0.25, 0.3) is 0 Å². The van der Waals surface area contributed by atoms with Crippen LogP contribution < -0.4 is 5.32 Å². The Hall–Kier alpha value is -0.990. The molecule has 16 heavy (non-hydrogen) atoms. The summed E-state index contributed by atoms with van der Waals surface area (Å²) in [5.41, 5.74) is -0.317. The second kappa shape index (κ2) is 4.48. The van der Waals surface area contributed by atoms with E-state index in [1.165, 1.54) is 0 Å². The van der Waals surface area contributed by atoms with Gasteiger partial charge in [0.1, 0.15) is 5.54 Å². The smallest absolute Gasteiger partial charge is 0.167 e. The van der Waals surface area contributed by atoms with Crippen LogP contribution in [-0.2, 0) is 7.05 Å². The first kappa shape index (κ1) is 11.5. The lowest BCUT2D eigenvalue weighted by atomic mass is 10.0. The first-order valence-corrected chi connectivity index (χ1v) is 6.31. The van der Waals surface area contributed by atoms with E-state index in [1.54, 1.807) is 11.8 Å². The van der Waals surface area contributed by atoms with Crippen molar-refractivity contribution in [1.29, 1.82) is 5.26 Å². The minimum absolute atomic E-state index is 0.317. The number of hydrogen-bond acceptors (Lipinski definition) is 4. The molecule has 1 aromatic heterocycles. The highest BCUT2D eigenvalue weighted by Crippen LogP contribution is 2.39. The summed E-state index contributed by atoms with van der Waals surface area (Å²) in [6, 6.07) is 2.40. The topological polar surface area (TPSA) is 53.6 Å². The molecule has 1 N–H and O–H groups in total. The lowest BCUT2D eigenvalue weighted by molar-refractivity contribution is 0.464. The number of nitrogens with zero attached hydrogens (tertiary/aromatic N) is 3. The molecule has 2 rings (SSSR count). The maximum Gasteiger partial charge on any atom is 0.167 e. The molecule has 0 spiro atoms. The highest BCUT2D eigenvalue weighted by molar-refractivity contribution is 7.99. The van der Waals surface area contributed by atoms with Crippen LogP contribution in [0.3, 0.4) is 0 Å². The number of hydrogen-bond donors (Lipinski definition) is 1. The molecule has 1 heterocycles. The number of imidazole rings is 1. The minimum atomic E-state index is -0.317. The zero-order valence-corrected chi connectivity index (χ0v) is 10.4. The van der Waals surface area contributed by atoms with Crippen LogP contribution in [0.15, 0.2) is 17.6 Å². The molecule has 2 atom stereocenters. The van der Waals surface area contributed by atoms with Gasteiger partial charge < -0.3 is 9.88 Å². The molecule has 1 saturated carbocycles. The first-order chi connectivity index (χ1) is 7.69. The minimum Gasteiger partial charge on any atom is -0.329 e. The number of thioether (sulfide) groups is 1. The summed E-state index contributed by atoms with van der Waals surface area (Å²) in [6.07, 6.45) is 6.67. The summed E-state index contributed by atoms with van der Waals surface area (Å²) in [4.78, 5) is 4.30.